The van der Waals surface area contributed by atoms with Crippen LogP contribution in [0.5, 0.6) is 0 Å². The number of hydrogen-bond donors (Lipinski definition) is 0. The predicted octanol–water partition coefficient (Wildman–Crippen LogP) is 14.2. The van der Waals surface area contributed by atoms with Gasteiger partial charge < -0.3 is 9.80 Å². The average Bonchev–Trinajstić information content (AvgIpc) is 3.15. The highest BCUT2D eigenvalue weighted by atomic mass is 15.1. The first-order chi connectivity index (χ1) is 25.4. The van der Waals surface area contributed by atoms with Crippen molar-refractivity contribution < 1.29 is 0 Å². The first-order valence-electron chi connectivity index (χ1n) is 17.9. The molecule has 0 atom stereocenters. The molecule has 0 saturated heterocycles. The van der Waals surface area contributed by atoms with Gasteiger partial charge in [0, 0.05) is 34.1 Å². The van der Waals surface area contributed by atoms with Crippen LogP contribution in [0.25, 0.3) is 24.3 Å². The van der Waals surface area contributed by atoms with Crippen LogP contribution in [0, 0.1) is 27.7 Å². The van der Waals surface area contributed by atoms with Crippen LogP contribution in [0.4, 0.5) is 34.1 Å². The maximum absolute atomic E-state index is 2.32. The molecular weight excluding hydrogens is 629 g/mol. The summed E-state index contributed by atoms with van der Waals surface area (Å²) in [6.45, 7) is 8.63. The molecule has 0 bridgehead atoms. The van der Waals surface area contributed by atoms with Crippen molar-refractivity contribution in [3.8, 4) is 0 Å². The van der Waals surface area contributed by atoms with E-state index in [1.54, 1.807) is 0 Å². The molecular formula is C50H44N2. The minimum absolute atomic E-state index is 1.13. The summed E-state index contributed by atoms with van der Waals surface area (Å²) >= 11 is 0. The van der Waals surface area contributed by atoms with E-state index in [0.717, 1.165) is 45.3 Å². The molecule has 0 radical (unpaired) electrons. The van der Waals surface area contributed by atoms with E-state index in [-0.39, 0.29) is 0 Å². The van der Waals surface area contributed by atoms with Crippen molar-refractivity contribution in [1.29, 1.82) is 0 Å². The van der Waals surface area contributed by atoms with Gasteiger partial charge in [-0.2, -0.15) is 0 Å². The van der Waals surface area contributed by atoms with E-state index in [1.807, 2.05) is 0 Å². The topological polar surface area (TPSA) is 6.48 Å². The molecule has 0 heterocycles. The molecule has 2 nitrogen and oxygen atoms in total. The van der Waals surface area contributed by atoms with Crippen molar-refractivity contribution in [2.45, 2.75) is 27.7 Å². The van der Waals surface area contributed by atoms with E-state index < -0.39 is 0 Å². The van der Waals surface area contributed by atoms with Crippen LogP contribution in [0.2, 0.25) is 0 Å². The highest BCUT2D eigenvalue weighted by Gasteiger charge is 2.14. The summed E-state index contributed by atoms with van der Waals surface area (Å²) in [7, 11) is 0. The monoisotopic (exact) mass is 672 g/mol. The number of anilines is 6. The Hall–Kier alpha value is -6.38. The quantitative estimate of drug-likeness (QED) is 0.133. The molecule has 52 heavy (non-hydrogen) atoms. The van der Waals surface area contributed by atoms with Crippen LogP contribution < -0.4 is 9.80 Å². The van der Waals surface area contributed by atoms with E-state index in [1.165, 1.54) is 33.4 Å². The summed E-state index contributed by atoms with van der Waals surface area (Å²) in [6, 6.07) is 60.7. The summed E-state index contributed by atoms with van der Waals surface area (Å²) in [5.41, 5.74) is 16.5. The molecule has 254 valence electrons. The summed E-state index contributed by atoms with van der Waals surface area (Å²) in [6.07, 6.45) is 8.80. The maximum Gasteiger partial charge on any atom is 0.0466 e. The summed E-state index contributed by atoms with van der Waals surface area (Å²) in [5.74, 6) is 0. The molecule has 7 aromatic rings. The van der Waals surface area contributed by atoms with Gasteiger partial charge in [-0.25, -0.2) is 0 Å². The first kappa shape index (κ1) is 34.1. The van der Waals surface area contributed by atoms with Crippen molar-refractivity contribution >= 4 is 58.4 Å². The second-order valence-electron chi connectivity index (χ2n) is 13.5. The zero-order valence-corrected chi connectivity index (χ0v) is 30.4. The minimum atomic E-state index is 1.13. The van der Waals surface area contributed by atoms with E-state index in [2.05, 4.69) is 232 Å². The third kappa shape index (κ3) is 8.15. The van der Waals surface area contributed by atoms with Crippen molar-refractivity contribution in [1.82, 2.24) is 0 Å². The fraction of sp³-hybridized carbons (Fsp3) is 0.0800. The van der Waals surface area contributed by atoms with Gasteiger partial charge in [-0.3, -0.25) is 0 Å². The molecule has 7 rings (SSSR count). The fourth-order valence-corrected chi connectivity index (χ4v) is 6.86. The van der Waals surface area contributed by atoms with Gasteiger partial charge in [0.05, 0.1) is 0 Å². The average molecular weight is 673 g/mol. The second-order valence-corrected chi connectivity index (χ2v) is 13.5. The minimum Gasteiger partial charge on any atom is -0.310 e. The lowest BCUT2D eigenvalue weighted by molar-refractivity contribution is 1.25. The molecule has 0 N–H and O–H groups in total. The Labute approximate surface area is 309 Å². The summed E-state index contributed by atoms with van der Waals surface area (Å²) < 4.78 is 0. The zero-order chi connectivity index (χ0) is 35.9. The van der Waals surface area contributed by atoms with Crippen LogP contribution in [0.15, 0.2) is 170 Å². The van der Waals surface area contributed by atoms with Crippen molar-refractivity contribution in [2.75, 3.05) is 9.80 Å². The Morgan fingerprint density at radius 3 is 0.942 bits per heavy atom. The van der Waals surface area contributed by atoms with Crippen LogP contribution in [-0.2, 0) is 0 Å². The number of nitrogens with zero attached hydrogens (tertiary/aromatic N) is 2. The third-order valence-corrected chi connectivity index (χ3v) is 9.17. The summed E-state index contributed by atoms with van der Waals surface area (Å²) in [4.78, 5) is 4.64. The van der Waals surface area contributed by atoms with Gasteiger partial charge in [0.1, 0.15) is 0 Å². The lowest BCUT2D eigenvalue weighted by Crippen LogP contribution is -2.10. The number of aryl methyl sites for hydroxylation is 4. The van der Waals surface area contributed by atoms with Gasteiger partial charge >= 0.3 is 0 Å². The van der Waals surface area contributed by atoms with Gasteiger partial charge in [-0.05, 0) is 145 Å². The normalized spacial score (nSPS) is 11.3. The Morgan fingerprint density at radius 1 is 0.288 bits per heavy atom. The molecule has 7 aromatic carbocycles. The van der Waals surface area contributed by atoms with Crippen molar-refractivity contribution in [3.63, 3.8) is 0 Å². The lowest BCUT2D eigenvalue weighted by atomic mass is 10.0. The molecule has 2 heteroatoms. The Kier molecular flexibility index (Phi) is 10.3. The largest absolute Gasteiger partial charge is 0.310 e. The van der Waals surface area contributed by atoms with Gasteiger partial charge in [0.25, 0.3) is 0 Å². The molecule has 0 aromatic heterocycles. The van der Waals surface area contributed by atoms with Crippen molar-refractivity contribution in [3.05, 3.63) is 214 Å². The number of rotatable bonds is 10. The highest BCUT2D eigenvalue weighted by molar-refractivity contribution is 5.82. The third-order valence-electron chi connectivity index (χ3n) is 9.17. The Morgan fingerprint density at radius 2 is 0.596 bits per heavy atom. The molecule has 0 aliphatic heterocycles. The van der Waals surface area contributed by atoms with Crippen LogP contribution in [-0.4, -0.2) is 0 Å². The van der Waals surface area contributed by atoms with Gasteiger partial charge in [-0.1, -0.05) is 121 Å². The van der Waals surface area contributed by atoms with Crippen LogP contribution in [0.1, 0.15) is 44.5 Å². The fourth-order valence-electron chi connectivity index (χ4n) is 6.86. The van der Waals surface area contributed by atoms with E-state index in [0.29, 0.717) is 0 Å². The second kappa shape index (κ2) is 15.7. The molecule has 0 aliphatic rings. The van der Waals surface area contributed by atoms with Gasteiger partial charge in [0.15, 0.2) is 0 Å². The number of benzene rings is 7. The summed E-state index contributed by atoms with van der Waals surface area (Å²) in [5, 5.41) is 0. The van der Waals surface area contributed by atoms with Gasteiger partial charge in [0.2, 0.25) is 0 Å². The molecule has 0 spiro atoms. The smallest absolute Gasteiger partial charge is 0.0466 e. The first-order valence-corrected chi connectivity index (χ1v) is 17.9. The van der Waals surface area contributed by atoms with E-state index in [9.17, 15) is 0 Å². The van der Waals surface area contributed by atoms with Crippen LogP contribution >= 0.6 is 0 Å². The Bertz CT molecular complexity index is 2110. The predicted molar refractivity (Wildman–Crippen MR) is 225 cm³/mol. The Balaban J connectivity index is 1.10. The molecule has 0 saturated carbocycles. The SMILES string of the molecule is Cc1cc(C)cc(N(c2ccccc2)c2ccc(C=Cc3ccccc3C=Cc3ccc(N(c4ccccc4)c4cc(C)cc(C)c4)cc3)cc2)c1. The highest BCUT2D eigenvalue weighted by Crippen LogP contribution is 2.37. The lowest BCUT2D eigenvalue weighted by Gasteiger charge is -2.26. The van der Waals surface area contributed by atoms with Gasteiger partial charge in [-0.15, -0.1) is 0 Å². The molecule has 0 amide bonds. The maximum atomic E-state index is 2.32. The zero-order valence-electron chi connectivity index (χ0n) is 30.4. The van der Waals surface area contributed by atoms with Crippen LogP contribution in [0.3, 0.4) is 0 Å². The molecule has 0 aliphatic carbocycles. The molecule has 0 unspecified atom stereocenters. The van der Waals surface area contributed by atoms with Crippen molar-refractivity contribution in [2.24, 2.45) is 0 Å². The number of para-hydroxylation sites is 2. The molecule has 0 fully saturated rings. The van der Waals surface area contributed by atoms with E-state index in [4.69, 9.17) is 0 Å². The standard InChI is InChI=1S/C50H44N2/c1-37-31-38(2)34-49(33-37)51(45-15-7-5-8-16-45)47-27-21-41(22-28-47)19-25-43-13-11-12-14-44(43)26-20-42-23-29-48(30-24-42)52(46-17-9-6-10-18-46)50-35-39(3)32-40(4)36-50/h5-36H,1-4H3. The van der Waals surface area contributed by atoms with E-state index >= 15 is 0 Å². The number of hydrogen-bond acceptors (Lipinski definition) is 2.